The van der Waals surface area contributed by atoms with Crippen LogP contribution in [-0.4, -0.2) is 9.72 Å². The summed E-state index contributed by atoms with van der Waals surface area (Å²) in [5.74, 6) is 0.547. The monoisotopic (exact) mass is 276 g/mol. The zero-order valence-corrected chi connectivity index (χ0v) is 11.4. The SMILES string of the molecule is Cc1onc2c1c(=O)n(-c1ccccc1)c1ccccc21. The van der Waals surface area contributed by atoms with Gasteiger partial charge in [-0.15, -0.1) is 0 Å². The Morgan fingerprint density at radius 1 is 1.00 bits per heavy atom. The average Bonchev–Trinajstić information content (AvgIpc) is 2.91. The number of nitrogens with zero attached hydrogens (tertiary/aromatic N) is 2. The van der Waals surface area contributed by atoms with Crippen molar-refractivity contribution in [3.8, 4) is 5.69 Å². The first-order valence-corrected chi connectivity index (χ1v) is 6.72. The Bertz CT molecular complexity index is 1010. The maximum absolute atomic E-state index is 12.9. The highest BCUT2D eigenvalue weighted by Crippen LogP contribution is 2.25. The third-order valence-corrected chi connectivity index (χ3v) is 3.69. The van der Waals surface area contributed by atoms with Gasteiger partial charge < -0.3 is 4.52 Å². The molecule has 0 bridgehead atoms. The van der Waals surface area contributed by atoms with E-state index in [1.165, 1.54) is 0 Å². The highest BCUT2D eigenvalue weighted by Gasteiger charge is 2.17. The smallest absolute Gasteiger partial charge is 0.268 e. The van der Waals surface area contributed by atoms with Gasteiger partial charge in [0.25, 0.3) is 5.56 Å². The first-order chi connectivity index (χ1) is 10.3. The molecule has 2 aromatic carbocycles. The number of hydrogen-bond acceptors (Lipinski definition) is 3. The fourth-order valence-corrected chi connectivity index (χ4v) is 2.73. The van der Waals surface area contributed by atoms with Crippen molar-refractivity contribution >= 4 is 21.8 Å². The molecular formula is C17H12N2O2. The topological polar surface area (TPSA) is 48.0 Å². The van der Waals surface area contributed by atoms with E-state index in [2.05, 4.69) is 5.16 Å². The van der Waals surface area contributed by atoms with Gasteiger partial charge in [-0.05, 0) is 25.1 Å². The average molecular weight is 276 g/mol. The summed E-state index contributed by atoms with van der Waals surface area (Å²) in [4.78, 5) is 12.9. The van der Waals surface area contributed by atoms with E-state index in [1.54, 1.807) is 11.5 Å². The molecule has 0 aliphatic carbocycles. The number of benzene rings is 2. The summed E-state index contributed by atoms with van der Waals surface area (Å²) in [6, 6.07) is 17.3. The third kappa shape index (κ3) is 1.62. The standard InChI is InChI=1S/C17H12N2O2/c1-11-15-16(18-21-11)13-9-5-6-10-14(13)19(17(15)20)12-7-3-2-4-8-12/h2-10H,1H3. The summed E-state index contributed by atoms with van der Waals surface area (Å²) in [6.07, 6.45) is 0. The van der Waals surface area contributed by atoms with Crippen LogP contribution in [0.3, 0.4) is 0 Å². The van der Waals surface area contributed by atoms with E-state index in [-0.39, 0.29) is 5.56 Å². The van der Waals surface area contributed by atoms with Crippen molar-refractivity contribution in [2.45, 2.75) is 6.92 Å². The molecule has 0 unspecified atom stereocenters. The molecule has 21 heavy (non-hydrogen) atoms. The fourth-order valence-electron chi connectivity index (χ4n) is 2.73. The van der Waals surface area contributed by atoms with Gasteiger partial charge in [-0.2, -0.15) is 0 Å². The third-order valence-electron chi connectivity index (χ3n) is 3.69. The lowest BCUT2D eigenvalue weighted by molar-refractivity contribution is 0.406. The zero-order valence-electron chi connectivity index (χ0n) is 11.4. The van der Waals surface area contributed by atoms with Crippen molar-refractivity contribution in [3.05, 3.63) is 70.7 Å². The first-order valence-electron chi connectivity index (χ1n) is 6.72. The van der Waals surface area contributed by atoms with Crippen molar-refractivity contribution in [3.63, 3.8) is 0 Å². The van der Waals surface area contributed by atoms with Gasteiger partial charge in [0, 0.05) is 11.1 Å². The van der Waals surface area contributed by atoms with Gasteiger partial charge in [-0.25, -0.2) is 0 Å². The van der Waals surface area contributed by atoms with Crippen LogP contribution in [0.1, 0.15) is 5.76 Å². The minimum Gasteiger partial charge on any atom is -0.360 e. The number of hydrogen-bond donors (Lipinski definition) is 0. The number of para-hydroxylation sites is 2. The van der Waals surface area contributed by atoms with Gasteiger partial charge in [-0.3, -0.25) is 9.36 Å². The number of rotatable bonds is 1. The lowest BCUT2D eigenvalue weighted by Crippen LogP contribution is -2.19. The quantitative estimate of drug-likeness (QED) is 0.535. The molecule has 0 spiro atoms. The van der Waals surface area contributed by atoms with E-state index in [9.17, 15) is 4.79 Å². The summed E-state index contributed by atoms with van der Waals surface area (Å²) in [7, 11) is 0. The lowest BCUT2D eigenvalue weighted by Gasteiger charge is -2.10. The van der Waals surface area contributed by atoms with Gasteiger partial charge in [0.1, 0.15) is 16.7 Å². The zero-order chi connectivity index (χ0) is 14.4. The van der Waals surface area contributed by atoms with E-state index in [1.807, 2.05) is 54.6 Å². The molecule has 4 nitrogen and oxygen atoms in total. The second kappa shape index (κ2) is 4.31. The Balaban J connectivity index is 2.30. The van der Waals surface area contributed by atoms with E-state index in [0.29, 0.717) is 16.7 Å². The van der Waals surface area contributed by atoms with Crippen LogP contribution in [-0.2, 0) is 0 Å². The molecule has 4 rings (SSSR count). The largest absolute Gasteiger partial charge is 0.360 e. The van der Waals surface area contributed by atoms with Crippen molar-refractivity contribution in [1.82, 2.24) is 9.72 Å². The molecule has 0 atom stereocenters. The first kappa shape index (κ1) is 11.9. The second-order valence-electron chi connectivity index (χ2n) is 4.96. The van der Waals surface area contributed by atoms with Crippen LogP contribution in [0.4, 0.5) is 0 Å². The Morgan fingerprint density at radius 2 is 1.71 bits per heavy atom. The van der Waals surface area contributed by atoms with E-state index in [0.717, 1.165) is 16.6 Å². The molecule has 0 fully saturated rings. The summed E-state index contributed by atoms with van der Waals surface area (Å²) < 4.78 is 6.94. The second-order valence-corrected chi connectivity index (χ2v) is 4.96. The highest BCUT2D eigenvalue weighted by atomic mass is 16.5. The predicted octanol–water partition coefficient (Wildman–Crippen LogP) is 3.44. The number of fused-ring (bicyclic) bond motifs is 3. The van der Waals surface area contributed by atoms with Gasteiger partial charge in [0.15, 0.2) is 0 Å². The molecule has 0 saturated carbocycles. The molecule has 4 aromatic rings. The van der Waals surface area contributed by atoms with Gasteiger partial charge >= 0.3 is 0 Å². The molecule has 0 aliphatic heterocycles. The van der Waals surface area contributed by atoms with Crippen LogP contribution in [0.2, 0.25) is 0 Å². The maximum atomic E-state index is 12.9. The minimum atomic E-state index is -0.103. The fraction of sp³-hybridized carbons (Fsp3) is 0.0588. The summed E-state index contributed by atoms with van der Waals surface area (Å²) in [5, 5.41) is 5.50. The molecule has 2 aromatic heterocycles. The molecule has 102 valence electrons. The van der Waals surface area contributed by atoms with Crippen molar-refractivity contribution in [2.24, 2.45) is 0 Å². The van der Waals surface area contributed by atoms with Crippen molar-refractivity contribution in [1.29, 1.82) is 0 Å². The normalized spacial score (nSPS) is 11.3. The molecule has 0 N–H and O–H groups in total. The summed E-state index contributed by atoms with van der Waals surface area (Å²) >= 11 is 0. The maximum Gasteiger partial charge on any atom is 0.268 e. The van der Waals surface area contributed by atoms with E-state index in [4.69, 9.17) is 4.52 Å². The molecule has 0 aliphatic rings. The van der Waals surface area contributed by atoms with Crippen LogP contribution in [0.25, 0.3) is 27.5 Å². The Labute approximate surface area is 120 Å². The Kier molecular flexibility index (Phi) is 2.44. The Hall–Kier alpha value is -2.88. The molecule has 0 radical (unpaired) electrons. The summed E-state index contributed by atoms with van der Waals surface area (Å²) in [6.45, 7) is 1.76. The van der Waals surface area contributed by atoms with Gasteiger partial charge in [0.2, 0.25) is 0 Å². The summed E-state index contributed by atoms with van der Waals surface area (Å²) in [5.41, 5.74) is 2.18. The predicted molar refractivity (Wildman–Crippen MR) is 81.8 cm³/mol. The van der Waals surface area contributed by atoms with E-state index < -0.39 is 0 Å². The van der Waals surface area contributed by atoms with Gasteiger partial charge in [0.05, 0.1) is 5.52 Å². The number of aromatic nitrogens is 2. The van der Waals surface area contributed by atoms with Crippen LogP contribution in [0.15, 0.2) is 63.9 Å². The lowest BCUT2D eigenvalue weighted by atomic mass is 10.1. The van der Waals surface area contributed by atoms with Crippen LogP contribution < -0.4 is 5.56 Å². The van der Waals surface area contributed by atoms with Crippen LogP contribution in [0.5, 0.6) is 0 Å². The molecule has 4 heteroatoms. The van der Waals surface area contributed by atoms with E-state index >= 15 is 0 Å². The molecular weight excluding hydrogens is 264 g/mol. The molecule has 0 saturated heterocycles. The van der Waals surface area contributed by atoms with Gasteiger partial charge in [-0.1, -0.05) is 41.6 Å². The van der Waals surface area contributed by atoms with Crippen molar-refractivity contribution in [2.75, 3.05) is 0 Å². The molecule has 0 amide bonds. The van der Waals surface area contributed by atoms with Crippen LogP contribution >= 0.6 is 0 Å². The minimum absolute atomic E-state index is 0.103. The molecule has 2 heterocycles. The highest BCUT2D eigenvalue weighted by molar-refractivity contribution is 6.04. The van der Waals surface area contributed by atoms with Crippen LogP contribution in [0, 0.1) is 6.92 Å². The van der Waals surface area contributed by atoms with Crippen molar-refractivity contribution < 1.29 is 4.52 Å². The number of pyridine rings is 1. The number of aryl methyl sites for hydroxylation is 1. The Morgan fingerprint density at radius 3 is 2.52 bits per heavy atom.